The predicted octanol–water partition coefficient (Wildman–Crippen LogP) is -0.833. The first kappa shape index (κ1) is 7.38. The maximum atomic E-state index is 5.45. The molecular weight excluding hydrogens is 132 g/mol. The molecule has 1 rings (SSSR count). The molecule has 1 fully saturated rings. The zero-order chi connectivity index (χ0) is 6.53. The summed E-state index contributed by atoms with van der Waals surface area (Å²) >= 11 is 0. The quantitative estimate of drug-likeness (QED) is 0.500. The van der Waals surface area contributed by atoms with Crippen LogP contribution in [0.3, 0.4) is 0 Å². The summed E-state index contributed by atoms with van der Waals surface area (Å²) in [5.74, 6) is 3.97. The van der Waals surface area contributed by atoms with Crippen LogP contribution < -0.4 is 11.1 Å². The van der Waals surface area contributed by atoms with Gasteiger partial charge in [-0.1, -0.05) is 0 Å². The molecule has 1 aliphatic heterocycles. The Balaban J connectivity index is 2.08. The largest absolute Gasteiger partial charge is 0.326 e. The van der Waals surface area contributed by atoms with Crippen molar-refractivity contribution in [3.8, 4) is 0 Å². The van der Waals surface area contributed by atoms with Crippen molar-refractivity contribution in [2.75, 3.05) is 36.9 Å². The summed E-state index contributed by atoms with van der Waals surface area (Å²) < 4.78 is 0. The molecule has 0 amide bonds. The van der Waals surface area contributed by atoms with Crippen molar-refractivity contribution in [2.45, 2.75) is 0 Å². The Hall–Kier alpha value is 0.270. The summed E-state index contributed by atoms with van der Waals surface area (Å²) in [6.07, 6.45) is 0. The molecule has 0 aromatic heterocycles. The van der Waals surface area contributed by atoms with Crippen LogP contribution in [0.25, 0.3) is 0 Å². The van der Waals surface area contributed by atoms with Gasteiger partial charge < -0.3 is 11.1 Å². The zero-order valence-corrected chi connectivity index (χ0v) is 6.54. The van der Waals surface area contributed by atoms with Gasteiger partial charge in [-0.2, -0.15) is 0 Å². The minimum Gasteiger partial charge on any atom is -0.326 e. The molecule has 0 aromatic carbocycles. The fourth-order valence-corrected chi connectivity index (χ4v) is 2.84. The van der Waals surface area contributed by atoms with Gasteiger partial charge in [0.15, 0.2) is 0 Å². The summed E-state index contributed by atoms with van der Waals surface area (Å²) in [6, 6.07) is 0. The van der Waals surface area contributed by atoms with E-state index >= 15 is 0 Å². The monoisotopic (exact) mass is 147 g/mol. The van der Waals surface area contributed by atoms with Crippen LogP contribution in [0.1, 0.15) is 0 Å². The summed E-state index contributed by atoms with van der Waals surface area (Å²) in [7, 11) is 0.668. The summed E-state index contributed by atoms with van der Waals surface area (Å²) in [5, 5.41) is 3.34. The Morgan fingerprint density at radius 3 is 2.56 bits per heavy atom. The molecular formula is C6H15N2S+. The van der Waals surface area contributed by atoms with Crippen LogP contribution in [0.15, 0.2) is 0 Å². The molecule has 1 saturated heterocycles. The van der Waals surface area contributed by atoms with Gasteiger partial charge in [-0.05, 0) is 10.9 Å². The maximum Gasteiger partial charge on any atom is 0.120 e. The molecule has 0 atom stereocenters. The van der Waals surface area contributed by atoms with E-state index in [9.17, 15) is 0 Å². The fraction of sp³-hybridized carbons (Fsp3) is 1.00. The van der Waals surface area contributed by atoms with Gasteiger partial charge in [-0.25, -0.2) is 0 Å². The number of rotatable bonds is 2. The van der Waals surface area contributed by atoms with E-state index in [2.05, 4.69) is 5.32 Å². The molecule has 0 spiro atoms. The van der Waals surface area contributed by atoms with E-state index in [1.165, 1.54) is 30.3 Å². The summed E-state index contributed by atoms with van der Waals surface area (Å²) in [4.78, 5) is 0. The third-order valence-corrected chi connectivity index (χ3v) is 3.92. The Kier molecular flexibility index (Phi) is 3.40. The highest BCUT2D eigenvalue weighted by atomic mass is 32.2. The van der Waals surface area contributed by atoms with Crippen molar-refractivity contribution in [3.05, 3.63) is 0 Å². The first-order valence-electron chi connectivity index (χ1n) is 3.48. The molecule has 0 aliphatic carbocycles. The molecule has 9 heavy (non-hydrogen) atoms. The van der Waals surface area contributed by atoms with Crippen molar-refractivity contribution in [2.24, 2.45) is 5.73 Å². The third-order valence-electron chi connectivity index (χ3n) is 1.54. The van der Waals surface area contributed by atoms with Crippen LogP contribution >= 0.6 is 0 Å². The normalized spacial score (nSPS) is 22.3. The lowest BCUT2D eigenvalue weighted by molar-refractivity contribution is 0.749. The number of nitrogens with one attached hydrogen (secondary N) is 1. The second-order valence-electron chi connectivity index (χ2n) is 2.26. The SMILES string of the molecule is NCC[S+]1CCNCC1. The second-order valence-corrected chi connectivity index (χ2v) is 4.71. The Morgan fingerprint density at radius 1 is 1.33 bits per heavy atom. The molecule has 2 nitrogen and oxygen atoms in total. The van der Waals surface area contributed by atoms with Crippen molar-refractivity contribution < 1.29 is 0 Å². The Labute approximate surface area is 59.5 Å². The number of hydrogen-bond acceptors (Lipinski definition) is 2. The third kappa shape index (κ3) is 2.56. The van der Waals surface area contributed by atoms with E-state index < -0.39 is 0 Å². The zero-order valence-electron chi connectivity index (χ0n) is 5.73. The number of nitrogens with two attached hydrogens (primary N) is 1. The van der Waals surface area contributed by atoms with E-state index in [4.69, 9.17) is 5.73 Å². The van der Waals surface area contributed by atoms with E-state index in [0.717, 1.165) is 6.54 Å². The Morgan fingerprint density at radius 2 is 2.00 bits per heavy atom. The second kappa shape index (κ2) is 4.14. The lowest BCUT2D eigenvalue weighted by Crippen LogP contribution is -2.38. The van der Waals surface area contributed by atoms with Gasteiger partial charge in [0.05, 0.1) is 0 Å². The van der Waals surface area contributed by atoms with E-state index in [1.54, 1.807) is 0 Å². The molecule has 0 aromatic rings. The highest BCUT2D eigenvalue weighted by molar-refractivity contribution is 7.96. The Bertz CT molecular complexity index is 68.7. The van der Waals surface area contributed by atoms with Crippen LogP contribution in [0.5, 0.6) is 0 Å². The first-order chi connectivity index (χ1) is 4.43. The first-order valence-corrected chi connectivity index (χ1v) is 5.21. The fourth-order valence-electron chi connectivity index (χ4n) is 1.03. The van der Waals surface area contributed by atoms with Crippen molar-refractivity contribution in [3.63, 3.8) is 0 Å². The van der Waals surface area contributed by atoms with E-state index in [-0.39, 0.29) is 0 Å². The van der Waals surface area contributed by atoms with Gasteiger partial charge in [0, 0.05) is 19.6 Å². The lowest BCUT2D eigenvalue weighted by atomic mass is 10.6. The minimum atomic E-state index is 0.668. The van der Waals surface area contributed by atoms with Gasteiger partial charge >= 0.3 is 0 Å². The van der Waals surface area contributed by atoms with Crippen molar-refractivity contribution >= 4 is 10.9 Å². The van der Waals surface area contributed by atoms with Crippen LogP contribution in [0, 0.1) is 0 Å². The summed E-state index contributed by atoms with van der Waals surface area (Å²) in [6.45, 7) is 3.30. The van der Waals surface area contributed by atoms with Crippen molar-refractivity contribution in [1.29, 1.82) is 0 Å². The molecule has 1 aliphatic rings. The van der Waals surface area contributed by atoms with Gasteiger partial charge in [-0.3, -0.25) is 0 Å². The smallest absolute Gasteiger partial charge is 0.120 e. The average Bonchev–Trinajstić information content (AvgIpc) is 1.91. The maximum absolute atomic E-state index is 5.45. The summed E-state index contributed by atoms with van der Waals surface area (Å²) in [5.41, 5.74) is 5.45. The van der Waals surface area contributed by atoms with Gasteiger partial charge in [0.2, 0.25) is 0 Å². The molecule has 1 heterocycles. The average molecular weight is 147 g/mol. The molecule has 3 N–H and O–H groups in total. The minimum absolute atomic E-state index is 0.668. The standard InChI is InChI=1S/C6H15N2S/c7-1-4-9-5-2-8-3-6-9/h8H,1-7H2/q+1. The van der Waals surface area contributed by atoms with E-state index in [0.29, 0.717) is 10.9 Å². The molecule has 0 saturated carbocycles. The predicted molar refractivity (Wildman–Crippen MR) is 43.9 cm³/mol. The van der Waals surface area contributed by atoms with Gasteiger partial charge in [-0.15, -0.1) is 0 Å². The molecule has 0 bridgehead atoms. The van der Waals surface area contributed by atoms with Crippen LogP contribution in [-0.2, 0) is 10.9 Å². The molecule has 0 radical (unpaired) electrons. The molecule has 0 unspecified atom stereocenters. The van der Waals surface area contributed by atoms with Crippen LogP contribution in [-0.4, -0.2) is 36.9 Å². The molecule has 54 valence electrons. The van der Waals surface area contributed by atoms with Crippen molar-refractivity contribution in [1.82, 2.24) is 5.32 Å². The highest BCUT2D eigenvalue weighted by Gasteiger charge is 2.19. The topological polar surface area (TPSA) is 38.0 Å². The van der Waals surface area contributed by atoms with Gasteiger partial charge in [0.25, 0.3) is 0 Å². The van der Waals surface area contributed by atoms with Crippen LogP contribution in [0.4, 0.5) is 0 Å². The lowest BCUT2D eigenvalue weighted by Gasteiger charge is -2.13. The number of hydrogen-bond donors (Lipinski definition) is 2. The van der Waals surface area contributed by atoms with E-state index in [1.807, 2.05) is 0 Å². The van der Waals surface area contributed by atoms with Gasteiger partial charge in [0.1, 0.15) is 17.3 Å². The highest BCUT2D eigenvalue weighted by Crippen LogP contribution is 1.97. The molecule has 3 heteroatoms. The van der Waals surface area contributed by atoms with Crippen LogP contribution in [0.2, 0.25) is 0 Å².